The Kier molecular flexibility index (Phi) is 3.92. The normalized spacial score (nSPS) is 16.6. The fourth-order valence-electron chi connectivity index (χ4n) is 2.28. The van der Waals surface area contributed by atoms with E-state index in [1.54, 1.807) is 25.1 Å². The standard InChI is InChI=1S/C16H12ClFN2O3/c1-9-15(21)19-13-7-2-10(17)8-14(13)20(9)16(22)23-12-5-3-11(18)4-6-12/h2-9H,1H3,(H,19,21)/t9-/m0/s1. The molecule has 1 atom stereocenters. The van der Waals surface area contributed by atoms with E-state index in [9.17, 15) is 14.0 Å². The maximum absolute atomic E-state index is 12.9. The van der Waals surface area contributed by atoms with Crippen molar-refractivity contribution in [3.8, 4) is 5.75 Å². The minimum absolute atomic E-state index is 0.179. The van der Waals surface area contributed by atoms with Gasteiger partial charge in [0.2, 0.25) is 5.91 Å². The van der Waals surface area contributed by atoms with Crippen molar-refractivity contribution in [1.29, 1.82) is 0 Å². The van der Waals surface area contributed by atoms with Gasteiger partial charge in [-0.1, -0.05) is 11.6 Å². The van der Waals surface area contributed by atoms with Crippen LogP contribution in [0, 0.1) is 5.82 Å². The van der Waals surface area contributed by atoms with E-state index in [2.05, 4.69) is 5.32 Å². The molecule has 1 N–H and O–H groups in total. The van der Waals surface area contributed by atoms with Gasteiger partial charge in [-0.25, -0.2) is 9.18 Å². The summed E-state index contributed by atoms with van der Waals surface area (Å²) >= 11 is 5.98. The van der Waals surface area contributed by atoms with Gasteiger partial charge in [0.1, 0.15) is 17.6 Å². The molecule has 2 amide bonds. The summed E-state index contributed by atoms with van der Waals surface area (Å²) in [5.74, 6) is -0.596. The molecule has 23 heavy (non-hydrogen) atoms. The van der Waals surface area contributed by atoms with E-state index in [1.807, 2.05) is 0 Å². The molecule has 7 heteroatoms. The number of nitrogens with one attached hydrogen (secondary N) is 1. The Hall–Kier alpha value is -2.60. The number of anilines is 2. The molecule has 1 heterocycles. The van der Waals surface area contributed by atoms with Crippen molar-refractivity contribution >= 4 is 35.0 Å². The molecule has 0 bridgehead atoms. The van der Waals surface area contributed by atoms with Crippen LogP contribution in [0.4, 0.5) is 20.6 Å². The zero-order chi connectivity index (χ0) is 16.6. The highest BCUT2D eigenvalue weighted by atomic mass is 35.5. The zero-order valence-electron chi connectivity index (χ0n) is 12.0. The van der Waals surface area contributed by atoms with Crippen molar-refractivity contribution in [2.75, 3.05) is 10.2 Å². The number of halogens is 2. The molecule has 118 valence electrons. The molecule has 0 saturated carbocycles. The lowest BCUT2D eigenvalue weighted by Gasteiger charge is -2.33. The van der Waals surface area contributed by atoms with E-state index in [0.29, 0.717) is 16.4 Å². The first-order valence-electron chi connectivity index (χ1n) is 6.83. The van der Waals surface area contributed by atoms with E-state index in [-0.39, 0.29) is 11.7 Å². The highest BCUT2D eigenvalue weighted by molar-refractivity contribution is 6.31. The van der Waals surface area contributed by atoms with Crippen LogP contribution in [0.25, 0.3) is 0 Å². The van der Waals surface area contributed by atoms with Crippen molar-refractivity contribution in [1.82, 2.24) is 0 Å². The Balaban J connectivity index is 1.93. The second-order valence-electron chi connectivity index (χ2n) is 5.02. The van der Waals surface area contributed by atoms with Gasteiger partial charge in [0, 0.05) is 5.02 Å². The molecule has 1 aliphatic rings. The van der Waals surface area contributed by atoms with Crippen LogP contribution in [0.3, 0.4) is 0 Å². The van der Waals surface area contributed by atoms with Crippen molar-refractivity contribution in [3.05, 3.63) is 53.3 Å². The summed E-state index contributed by atoms with van der Waals surface area (Å²) in [5, 5.41) is 3.12. The molecular formula is C16H12ClFN2O3. The third-order valence-corrected chi connectivity index (χ3v) is 3.69. The van der Waals surface area contributed by atoms with E-state index >= 15 is 0 Å². The van der Waals surface area contributed by atoms with Gasteiger partial charge < -0.3 is 10.1 Å². The Morgan fingerprint density at radius 3 is 2.65 bits per heavy atom. The van der Waals surface area contributed by atoms with Crippen molar-refractivity contribution in [3.63, 3.8) is 0 Å². The molecule has 3 rings (SSSR count). The van der Waals surface area contributed by atoms with Gasteiger partial charge in [0.15, 0.2) is 0 Å². The second kappa shape index (κ2) is 5.89. The predicted octanol–water partition coefficient (Wildman–Crippen LogP) is 3.83. The number of benzene rings is 2. The summed E-state index contributed by atoms with van der Waals surface area (Å²) < 4.78 is 18.1. The molecule has 0 saturated heterocycles. The quantitative estimate of drug-likeness (QED) is 0.862. The molecule has 2 aromatic carbocycles. The van der Waals surface area contributed by atoms with Gasteiger partial charge in [-0.2, -0.15) is 0 Å². The third kappa shape index (κ3) is 2.98. The van der Waals surface area contributed by atoms with E-state index in [1.165, 1.54) is 29.2 Å². The summed E-state index contributed by atoms with van der Waals surface area (Å²) in [4.78, 5) is 25.7. The highest BCUT2D eigenvalue weighted by Crippen LogP contribution is 2.35. The molecule has 2 aromatic rings. The third-order valence-electron chi connectivity index (χ3n) is 3.46. The van der Waals surface area contributed by atoms with Crippen LogP contribution in [0.2, 0.25) is 5.02 Å². The molecule has 5 nitrogen and oxygen atoms in total. The second-order valence-corrected chi connectivity index (χ2v) is 5.46. The fraction of sp³-hybridized carbons (Fsp3) is 0.125. The summed E-state index contributed by atoms with van der Waals surface area (Å²) in [6.07, 6.45) is -0.748. The SMILES string of the molecule is C[C@H]1C(=O)Nc2ccc(Cl)cc2N1C(=O)Oc1ccc(F)cc1. The van der Waals surface area contributed by atoms with Crippen molar-refractivity contribution in [2.24, 2.45) is 0 Å². The number of hydrogen-bond donors (Lipinski definition) is 1. The maximum Gasteiger partial charge on any atom is 0.420 e. The molecule has 0 radical (unpaired) electrons. The van der Waals surface area contributed by atoms with Crippen LogP contribution >= 0.6 is 11.6 Å². The van der Waals surface area contributed by atoms with Gasteiger partial charge in [-0.3, -0.25) is 9.69 Å². The minimum Gasteiger partial charge on any atom is -0.410 e. The van der Waals surface area contributed by atoms with Crippen LogP contribution in [-0.2, 0) is 4.79 Å². The number of ether oxygens (including phenoxy) is 1. The topological polar surface area (TPSA) is 58.6 Å². The number of nitrogens with zero attached hydrogens (tertiary/aromatic N) is 1. The Labute approximate surface area is 136 Å². The average Bonchev–Trinajstić information content (AvgIpc) is 2.51. The van der Waals surface area contributed by atoms with E-state index < -0.39 is 18.0 Å². The Bertz CT molecular complexity index is 779. The van der Waals surface area contributed by atoms with Gasteiger partial charge in [0.05, 0.1) is 11.4 Å². The molecule has 0 fully saturated rings. The number of rotatable bonds is 1. The first kappa shape index (κ1) is 15.3. The van der Waals surface area contributed by atoms with Crippen LogP contribution in [0.15, 0.2) is 42.5 Å². The lowest BCUT2D eigenvalue weighted by molar-refractivity contribution is -0.117. The average molecular weight is 335 g/mol. The number of carbonyl (C=O) groups excluding carboxylic acids is 2. The monoisotopic (exact) mass is 334 g/mol. The zero-order valence-corrected chi connectivity index (χ0v) is 12.8. The minimum atomic E-state index is -0.770. The smallest absolute Gasteiger partial charge is 0.410 e. The molecule has 0 aromatic heterocycles. The summed E-state index contributed by atoms with van der Waals surface area (Å²) in [5.41, 5.74) is 0.908. The molecular weight excluding hydrogens is 323 g/mol. The van der Waals surface area contributed by atoms with E-state index in [4.69, 9.17) is 16.3 Å². The molecule has 1 aliphatic heterocycles. The number of amides is 2. The molecule has 0 unspecified atom stereocenters. The fourth-order valence-corrected chi connectivity index (χ4v) is 2.45. The van der Waals surface area contributed by atoms with Gasteiger partial charge in [-0.05, 0) is 49.4 Å². The van der Waals surface area contributed by atoms with Crippen LogP contribution < -0.4 is 15.0 Å². The van der Waals surface area contributed by atoms with Gasteiger partial charge >= 0.3 is 6.09 Å². The highest BCUT2D eigenvalue weighted by Gasteiger charge is 2.35. The van der Waals surface area contributed by atoms with Crippen LogP contribution in [-0.4, -0.2) is 18.0 Å². The lowest BCUT2D eigenvalue weighted by atomic mass is 10.1. The lowest BCUT2D eigenvalue weighted by Crippen LogP contribution is -2.50. The van der Waals surface area contributed by atoms with Crippen molar-refractivity contribution < 1.29 is 18.7 Å². The Morgan fingerprint density at radius 2 is 1.96 bits per heavy atom. The molecule has 0 spiro atoms. The maximum atomic E-state index is 12.9. The predicted molar refractivity (Wildman–Crippen MR) is 84.4 cm³/mol. The first-order chi connectivity index (χ1) is 11.0. The number of fused-ring (bicyclic) bond motifs is 1. The summed E-state index contributed by atoms with van der Waals surface area (Å²) in [7, 11) is 0. The summed E-state index contributed by atoms with van der Waals surface area (Å²) in [6, 6.07) is 9.05. The summed E-state index contributed by atoms with van der Waals surface area (Å²) in [6.45, 7) is 1.57. The van der Waals surface area contributed by atoms with E-state index in [0.717, 1.165) is 0 Å². The van der Waals surface area contributed by atoms with Crippen LogP contribution in [0.1, 0.15) is 6.92 Å². The van der Waals surface area contributed by atoms with Gasteiger partial charge in [0.25, 0.3) is 0 Å². The number of hydrogen-bond acceptors (Lipinski definition) is 3. The van der Waals surface area contributed by atoms with Crippen LogP contribution in [0.5, 0.6) is 5.75 Å². The Morgan fingerprint density at radius 1 is 1.26 bits per heavy atom. The first-order valence-corrected chi connectivity index (χ1v) is 7.20. The van der Waals surface area contributed by atoms with Crippen molar-refractivity contribution in [2.45, 2.75) is 13.0 Å². The molecule has 0 aliphatic carbocycles. The van der Waals surface area contributed by atoms with Gasteiger partial charge in [-0.15, -0.1) is 0 Å². The largest absolute Gasteiger partial charge is 0.420 e. The number of carbonyl (C=O) groups is 2.